The summed E-state index contributed by atoms with van der Waals surface area (Å²) in [5.74, 6) is 0.783. The first-order chi connectivity index (χ1) is 10.0. The van der Waals surface area contributed by atoms with Gasteiger partial charge in [-0.25, -0.2) is 4.39 Å². The van der Waals surface area contributed by atoms with Gasteiger partial charge in [-0.3, -0.25) is 0 Å². The van der Waals surface area contributed by atoms with Crippen molar-refractivity contribution in [2.75, 3.05) is 7.11 Å². The highest BCUT2D eigenvalue weighted by Gasteiger charge is 1.99. The van der Waals surface area contributed by atoms with Gasteiger partial charge in [0.05, 0.1) is 7.11 Å². The molecule has 0 fully saturated rings. The van der Waals surface area contributed by atoms with Crippen LogP contribution in [0.1, 0.15) is 30.5 Å². The zero-order valence-electron chi connectivity index (χ0n) is 13.1. The van der Waals surface area contributed by atoms with Gasteiger partial charge in [-0.15, -0.1) is 0 Å². The maximum atomic E-state index is 12.2. The maximum absolute atomic E-state index is 12.2. The van der Waals surface area contributed by atoms with E-state index in [0.29, 0.717) is 5.56 Å². The minimum Gasteiger partial charge on any atom is -0.508 e. The molecule has 3 heteroatoms. The average Bonchev–Trinajstić information content (AvgIpc) is 2.51. The van der Waals surface area contributed by atoms with E-state index in [9.17, 15) is 4.39 Å². The van der Waals surface area contributed by atoms with Crippen LogP contribution in [0.15, 0.2) is 36.4 Å². The maximum Gasteiger partial charge on any atom is 0.123 e. The van der Waals surface area contributed by atoms with Gasteiger partial charge in [0.15, 0.2) is 0 Å². The first-order valence-electron chi connectivity index (χ1n) is 7.12. The normalized spacial score (nSPS) is 9.76. The van der Waals surface area contributed by atoms with E-state index in [1.165, 1.54) is 29.3 Å². The second kappa shape index (κ2) is 8.30. The first kappa shape index (κ1) is 17.0. The molecule has 2 nitrogen and oxygen atoms in total. The molecular formula is C18H23FO2. The van der Waals surface area contributed by atoms with Crippen LogP contribution >= 0.6 is 0 Å². The number of aromatic hydroxyl groups is 1. The lowest BCUT2D eigenvalue weighted by Gasteiger charge is -2.07. The van der Waals surface area contributed by atoms with Crippen molar-refractivity contribution in [3.05, 3.63) is 58.9 Å². The van der Waals surface area contributed by atoms with E-state index >= 15 is 0 Å². The molecule has 0 radical (unpaired) electrons. The van der Waals surface area contributed by atoms with E-state index in [4.69, 9.17) is 9.84 Å². The lowest BCUT2D eigenvalue weighted by atomic mass is 10.0. The number of hydrogen-bond donors (Lipinski definition) is 1. The van der Waals surface area contributed by atoms with E-state index in [2.05, 4.69) is 26.0 Å². The molecule has 0 spiro atoms. The van der Waals surface area contributed by atoms with Crippen LogP contribution in [0.25, 0.3) is 0 Å². The minimum atomic E-state index is -0.315. The zero-order chi connectivity index (χ0) is 15.8. The molecule has 0 saturated carbocycles. The molecule has 0 aliphatic carbocycles. The van der Waals surface area contributed by atoms with E-state index in [1.807, 2.05) is 6.07 Å². The van der Waals surface area contributed by atoms with E-state index in [-0.39, 0.29) is 11.6 Å². The van der Waals surface area contributed by atoms with Gasteiger partial charge >= 0.3 is 0 Å². The number of halogens is 1. The summed E-state index contributed by atoms with van der Waals surface area (Å²) in [5.41, 5.74) is 3.39. The van der Waals surface area contributed by atoms with Crippen molar-refractivity contribution >= 4 is 0 Å². The Morgan fingerprint density at radius 2 is 1.67 bits per heavy atom. The molecule has 0 bridgehead atoms. The van der Waals surface area contributed by atoms with Crippen molar-refractivity contribution in [1.82, 2.24) is 0 Å². The van der Waals surface area contributed by atoms with Crippen LogP contribution in [-0.2, 0) is 12.8 Å². The zero-order valence-corrected chi connectivity index (χ0v) is 13.1. The van der Waals surface area contributed by atoms with Gasteiger partial charge in [-0.05, 0) is 66.8 Å². The lowest BCUT2D eigenvalue weighted by molar-refractivity contribution is 0.414. The Morgan fingerprint density at radius 3 is 2.14 bits per heavy atom. The summed E-state index contributed by atoms with van der Waals surface area (Å²) in [6.07, 6.45) is 2.19. The number of rotatable bonds is 3. The molecule has 0 heterocycles. The lowest BCUT2D eigenvalue weighted by Crippen LogP contribution is -1.92. The molecular weight excluding hydrogens is 267 g/mol. The van der Waals surface area contributed by atoms with Gasteiger partial charge in [-0.2, -0.15) is 0 Å². The number of ether oxygens (including phenoxy) is 1. The number of aryl methyl sites for hydroxylation is 3. The van der Waals surface area contributed by atoms with Gasteiger partial charge in [-0.1, -0.05) is 19.9 Å². The Morgan fingerprint density at radius 1 is 1.00 bits per heavy atom. The molecule has 0 unspecified atom stereocenters. The Balaban J connectivity index is 0.000000219. The molecule has 0 atom stereocenters. The Labute approximate surface area is 126 Å². The van der Waals surface area contributed by atoms with Gasteiger partial charge in [0.25, 0.3) is 0 Å². The monoisotopic (exact) mass is 290 g/mol. The fraction of sp³-hybridized carbons (Fsp3) is 0.333. The molecule has 0 amide bonds. The van der Waals surface area contributed by atoms with Crippen LogP contribution < -0.4 is 4.74 Å². The molecule has 21 heavy (non-hydrogen) atoms. The topological polar surface area (TPSA) is 29.5 Å². The van der Waals surface area contributed by atoms with Crippen molar-refractivity contribution in [2.24, 2.45) is 0 Å². The third-order valence-electron chi connectivity index (χ3n) is 3.33. The minimum absolute atomic E-state index is 0.136. The number of phenols is 1. The fourth-order valence-electron chi connectivity index (χ4n) is 2.02. The van der Waals surface area contributed by atoms with E-state index in [1.54, 1.807) is 14.0 Å². The van der Waals surface area contributed by atoms with Crippen LogP contribution in [-0.4, -0.2) is 12.2 Å². The third kappa shape index (κ3) is 5.10. The third-order valence-corrected chi connectivity index (χ3v) is 3.33. The predicted octanol–water partition coefficient (Wildman–Crippen LogP) is 4.66. The molecule has 114 valence electrons. The number of benzene rings is 2. The van der Waals surface area contributed by atoms with E-state index < -0.39 is 0 Å². The smallest absolute Gasteiger partial charge is 0.123 e. The molecule has 2 rings (SSSR count). The van der Waals surface area contributed by atoms with Crippen LogP contribution in [0.5, 0.6) is 11.5 Å². The molecule has 1 N–H and O–H groups in total. The molecule has 2 aromatic rings. The van der Waals surface area contributed by atoms with Crippen molar-refractivity contribution in [3.8, 4) is 11.5 Å². The average molecular weight is 290 g/mol. The summed E-state index contributed by atoms with van der Waals surface area (Å²) in [4.78, 5) is 0. The second-order valence-electron chi connectivity index (χ2n) is 4.77. The molecule has 0 aliphatic heterocycles. The predicted molar refractivity (Wildman–Crippen MR) is 84.6 cm³/mol. The van der Waals surface area contributed by atoms with Crippen molar-refractivity contribution in [3.63, 3.8) is 0 Å². The first-order valence-corrected chi connectivity index (χ1v) is 7.12. The van der Waals surface area contributed by atoms with Gasteiger partial charge < -0.3 is 9.84 Å². The summed E-state index contributed by atoms with van der Waals surface area (Å²) in [6.45, 7) is 6.01. The van der Waals surface area contributed by atoms with Crippen molar-refractivity contribution in [1.29, 1.82) is 0 Å². The Hall–Kier alpha value is -2.03. The Kier molecular flexibility index (Phi) is 6.73. The Bertz CT molecular complexity index is 579. The highest BCUT2D eigenvalue weighted by atomic mass is 19.1. The summed E-state index contributed by atoms with van der Waals surface area (Å²) >= 11 is 0. The van der Waals surface area contributed by atoms with Gasteiger partial charge in [0, 0.05) is 0 Å². The number of hydrogen-bond acceptors (Lipinski definition) is 2. The van der Waals surface area contributed by atoms with Crippen LogP contribution in [0.2, 0.25) is 0 Å². The highest BCUT2D eigenvalue weighted by molar-refractivity contribution is 5.35. The number of phenolic OH excluding ortho intramolecular Hbond substituents is 1. The SMILES string of the molecule is CCc1ccc(OC)cc1CC.Cc1cc(F)ccc1O. The largest absolute Gasteiger partial charge is 0.508 e. The second-order valence-corrected chi connectivity index (χ2v) is 4.77. The summed E-state index contributed by atoms with van der Waals surface area (Å²) < 4.78 is 17.4. The number of methoxy groups -OCH3 is 1. The summed E-state index contributed by atoms with van der Waals surface area (Å²) in [5, 5.41) is 8.88. The standard InChI is InChI=1S/C11H16O.C7H7FO/c1-4-9-6-7-11(12-3)8-10(9)5-2;1-5-4-6(8)2-3-7(5)9/h6-8H,4-5H2,1-3H3;2-4,9H,1H3. The summed E-state index contributed by atoms with van der Waals surface area (Å²) in [7, 11) is 1.71. The molecule has 2 aromatic carbocycles. The highest BCUT2D eigenvalue weighted by Crippen LogP contribution is 2.18. The quantitative estimate of drug-likeness (QED) is 0.891. The molecule has 0 saturated heterocycles. The van der Waals surface area contributed by atoms with Crippen molar-refractivity contribution < 1.29 is 14.2 Å². The van der Waals surface area contributed by atoms with Crippen LogP contribution in [0, 0.1) is 12.7 Å². The van der Waals surface area contributed by atoms with E-state index in [0.717, 1.165) is 18.6 Å². The molecule has 0 aliphatic rings. The fourth-order valence-corrected chi connectivity index (χ4v) is 2.02. The molecule has 0 aromatic heterocycles. The van der Waals surface area contributed by atoms with Gasteiger partial charge in [0.2, 0.25) is 0 Å². The van der Waals surface area contributed by atoms with Crippen molar-refractivity contribution in [2.45, 2.75) is 33.6 Å². The van der Waals surface area contributed by atoms with Crippen LogP contribution in [0.4, 0.5) is 4.39 Å². The van der Waals surface area contributed by atoms with Gasteiger partial charge in [0.1, 0.15) is 17.3 Å². The summed E-state index contributed by atoms with van der Waals surface area (Å²) in [6, 6.07) is 10.1. The van der Waals surface area contributed by atoms with Crippen LogP contribution in [0.3, 0.4) is 0 Å².